The monoisotopic (exact) mass is 432 g/mol. The second kappa shape index (κ2) is 8.10. The van der Waals surface area contributed by atoms with Crippen molar-refractivity contribution in [1.29, 1.82) is 0 Å². The van der Waals surface area contributed by atoms with Crippen LogP contribution in [0.2, 0.25) is 5.02 Å². The van der Waals surface area contributed by atoms with E-state index in [1.807, 2.05) is 23.8 Å². The Morgan fingerprint density at radius 1 is 1.03 bits per heavy atom. The van der Waals surface area contributed by atoms with Crippen LogP contribution in [0.4, 0.5) is 5.82 Å². The molecular formula is C19H21ClN6O2S. The van der Waals surface area contributed by atoms with Gasteiger partial charge in [-0.25, -0.2) is 23.4 Å². The lowest BCUT2D eigenvalue weighted by atomic mass is 10.2. The van der Waals surface area contributed by atoms with E-state index in [2.05, 4.69) is 19.9 Å². The highest BCUT2D eigenvalue weighted by atomic mass is 35.5. The Hall–Kier alpha value is -2.49. The number of anilines is 1. The number of aryl methyl sites for hydroxylation is 1. The molecule has 1 aliphatic rings. The Morgan fingerprint density at radius 3 is 2.38 bits per heavy atom. The van der Waals surface area contributed by atoms with Crippen molar-refractivity contribution in [2.24, 2.45) is 0 Å². The molecule has 0 unspecified atom stereocenters. The van der Waals surface area contributed by atoms with Gasteiger partial charge in [0.1, 0.15) is 23.8 Å². The van der Waals surface area contributed by atoms with E-state index in [1.54, 1.807) is 41.1 Å². The van der Waals surface area contributed by atoms with Gasteiger partial charge < -0.3 is 4.90 Å². The number of rotatable bonds is 5. The van der Waals surface area contributed by atoms with Crippen LogP contribution in [0, 0.1) is 6.92 Å². The second-order valence-corrected chi connectivity index (χ2v) is 9.28. The van der Waals surface area contributed by atoms with Gasteiger partial charge in [0.25, 0.3) is 0 Å². The van der Waals surface area contributed by atoms with E-state index in [0.29, 0.717) is 37.0 Å². The highest BCUT2D eigenvalue weighted by Crippen LogP contribution is 2.20. The number of hydrogen-bond donors (Lipinski definition) is 0. The maximum Gasteiger partial charge on any atom is 0.218 e. The summed E-state index contributed by atoms with van der Waals surface area (Å²) < 4.78 is 28.9. The summed E-state index contributed by atoms with van der Waals surface area (Å²) in [5, 5.41) is 0.593. The average molecular weight is 433 g/mol. The zero-order chi connectivity index (χ0) is 20.4. The third kappa shape index (κ3) is 4.58. The molecule has 1 aliphatic heterocycles. The number of imidazole rings is 1. The van der Waals surface area contributed by atoms with E-state index in [0.717, 1.165) is 17.2 Å². The van der Waals surface area contributed by atoms with Gasteiger partial charge in [-0.3, -0.25) is 4.57 Å². The molecule has 29 heavy (non-hydrogen) atoms. The molecule has 2 aromatic heterocycles. The zero-order valence-electron chi connectivity index (χ0n) is 15.9. The Labute approximate surface area is 174 Å². The lowest BCUT2D eigenvalue weighted by Crippen LogP contribution is -2.49. The van der Waals surface area contributed by atoms with Crippen LogP contribution < -0.4 is 4.90 Å². The number of halogens is 1. The fourth-order valence-corrected chi connectivity index (χ4v) is 4.95. The molecule has 1 aromatic carbocycles. The highest BCUT2D eigenvalue weighted by molar-refractivity contribution is 7.88. The molecule has 1 saturated heterocycles. The van der Waals surface area contributed by atoms with Crippen molar-refractivity contribution < 1.29 is 8.42 Å². The van der Waals surface area contributed by atoms with E-state index in [9.17, 15) is 8.42 Å². The van der Waals surface area contributed by atoms with Crippen molar-refractivity contribution in [3.05, 3.63) is 65.5 Å². The van der Waals surface area contributed by atoms with Gasteiger partial charge in [0.05, 0.1) is 5.75 Å². The molecule has 0 amide bonds. The quantitative estimate of drug-likeness (QED) is 0.615. The number of aromatic nitrogens is 4. The largest absolute Gasteiger partial charge is 0.354 e. The zero-order valence-corrected chi connectivity index (χ0v) is 17.5. The maximum atomic E-state index is 12.8. The normalized spacial score (nSPS) is 15.6. The van der Waals surface area contributed by atoms with E-state index in [1.165, 1.54) is 0 Å². The van der Waals surface area contributed by atoms with Crippen molar-refractivity contribution in [2.75, 3.05) is 31.1 Å². The first-order valence-electron chi connectivity index (χ1n) is 9.22. The lowest BCUT2D eigenvalue weighted by Gasteiger charge is -2.34. The number of piperazine rings is 1. The van der Waals surface area contributed by atoms with Gasteiger partial charge in [0.15, 0.2) is 0 Å². The van der Waals surface area contributed by atoms with Crippen LogP contribution in [0.25, 0.3) is 5.82 Å². The van der Waals surface area contributed by atoms with Crippen molar-refractivity contribution in [1.82, 2.24) is 23.8 Å². The van der Waals surface area contributed by atoms with Crippen molar-refractivity contribution >= 4 is 27.4 Å². The van der Waals surface area contributed by atoms with Gasteiger partial charge in [-0.05, 0) is 24.6 Å². The smallest absolute Gasteiger partial charge is 0.218 e. The molecule has 152 valence electrons. The minimum Gasteiger partial charge on any atom is -0.354 e. The van der Waals surface area contributed by atoms with Crippen LogP contribution in [0.3, 0.4) is 0 Å². The Bertz CT molecular complexity index is 1080. The molecule has 8 nitrogen and oxygen atoms in total. The van der Waals surface area contributed by atoms with Crippen molar-refractivity contribution in [2.45, 2.75) is 12.7 Å². The fraction of sp³-hybridized carbons (Fsp3) is 0.316. The maximum absolute atomic E-state index is 12.8. The van der Waals surface area contributed by atoms with Gasteiger partial charge in [-0.1, -0.05) is 23.7 Å². The molecule has 4 rings (SSSR count). The van der Waals surface area contributed by atoms with Crippen molar-refractivity contribution in [3.63, 3.8) is 0 Å². The standard InChI is InChI=1S/C19H21ClN6O2S/c1-15-22-18(12-19(23-15)25-7-6-21-14-25)24-8-10-26(11-9-24)29(27,28)13-16-2-4-17(20)5-3-16/h2-7,12,14H,8-11,13H2,1H3. The molecule has 3 aromatic rings. The Morgan fingerprint density at radius 2 is 1.72 bits per heavy atom. The molecule has 0 radical (unpaired) electrons. The number of nitrogens with zero attached hydrogens (tertiary/aromatic N) is 6. The molecular weight excluding hydrogens is 412 g/mol. The fourth-order valence-electron chi connectivity index (χ4n) is 3.30. The predicted octanol–water partition coefficient (Wildman–Crippen LogP) is 2.28. The molecule has 1 fully saturated rings. The molecule has 3 heterocycles. The van der Waals surface area contributed by atoms with Crippen LogP contribution >= 0.6 is 11.6 Å². The predicted molar refractivity (Wildman–Crippen MR) is 112 cm³/mol. The average Bonchev–Trinajstić information content (AvgIpc) is 3.24. The minimum absolute atomic E-state index is 0.0262. The second-order valence-electron chi connectivity index (χ2n) is 6.87. The molecule has 0 bridgehead atoms. The Kier molecular flexibility index (Phi) is 5.53. The third-order valence-corrected chi connectivity index (χ3v) is 6.90. The van der Waals surface area contributed by atoms with E-state index in [4.69, 9.17) is 11.6 Å². The summed E-state index contributed by atoms with van der Waals surface area (Å²) in [5.41, 5.74) is 0.730. The summed E-state index contributed by atoms with van der Waals surface area (Å²) >= 11 is 5.88. The summed E-state index contributed by atoms with van der Waals surface area (Å²) in [5.74, 6) is 2.16. The Balaban J connectivity index is 1.45. The topological polar surface area (TPSA) is 84.2 Å². The third-order valence-electron chi connectivity index (χ3n) is 4.80. The first-order chi connectivity index (χ1) is 13.9. The van der Waals surface area contributed by atoms with Crippen LogP contribution in [-0.4, -0.2) is 58.4 Å². The number of hydrogen-bond acceptors (Lipinski definition) is 6. The lowest BCUT2D eigenvalue weighted by molar-refractivity contribution is 0.383. The summed E-state index contributed by atoms with van der Waals surface area (Å²) in [7, 11) is -3.39. The molecule has 0 spiro atoms. The van der Waals surface area contributed by atoms with Gasteiger partial charge in [-0.15, -0.1) is 0 Å². The van der Waals surface area contributed by atoms with Crippen LogP contribution in [-0.2, 0) is 15.8 Å². The van der Waals surface area contributed by atoms with Gasteiger partial charge in [-0.2, -0.15) is 4.31 Å². The number of benzene rings is 1. The van der Waals surface area contributed by atoms with E-state index in [-0.39, 0.29) is 5.75 Å². The van der Waals surface area contributed by atoms with E-state index >= 15 is 0 Å². The summed E-state index contributed by atoms with van der Waals surface area (Å²) in [6.07, 6.45) is 5.21. The van der Waals surface area contributed by atoms with Crippen LogP contribution in [0.15, 0.2) is 49.1 Å². The highest BCUT2D eigenvalue weighted by Gasteiger charge is 2.28. The molecule has 0 atom stereocenters. The summed E-state index contributed by atoms with van der Waals surface area (Å²) in [6, 6.07) is 8.81. The molecule has 10 heteroatoms. The van der Waals surface area contributed by atoms with Gasteiger partial charge in [0.2, 0.25) is 10.0 Å². The summed E-state index contributed by atoms with van der Waals surface area (Å²) in [4.78, 5) is 15.1. The molecule has 0 aliphatic carbocycles. The molecule has 0 N–H and O–H groups in total. The number of sulfonamides is 1. The SMILES string of the molecule is Cc1nc(N2CCN(S(=O)(=O)Cc3ccc(Cl)cc3)CC2)cc(-n2ccnc2)n1. The van der Waals surface area contributed by atoms with E-state index < -0.39 is 10.0 Å². The first-order valence-corrected chi connectivity index (χ1v) is 11.2. The molecule has 0 saturated carbocycles. The van der Waals surface area contributed by atoms with Crippen molar-refractivity contribution in [3.8, 4) is 5.82 Å². The minimum atomic E-state index is -3.39. The first kappa shape index (κ1) is 19.8. The van der Waals surface area contributed by atoms with Gasteiger partial charge in [0, 0.05) is 49.7 Å². The van der Waals surface area contributed by atoms with Crippen LogP contribution in [0.1, 0.15) is 11.4 Å². The van der Waals surface area contributed by atoms with Crippen LogP contribution in [0.5, 0.6) is 0 Å². The summed E-state index contributed by atoms with van der Waals surface area (Å²) in [6.45, 7) is 3.81. The van der Waals surface area contributed by atoms with Gasteiger partial charge >= 0.3 is 0 Å².